The number of benzene rings is 1. The van der Waals surface area contributed by atoms with E-state index >= 15 is 0 Å². The van der Waals surface area contributed by atoms with Gasteiger partial charge in [-0.05, 0) is 39.2 Å². The van der Waals surface area contributed by atoms with Gasteiger partial charge in [-0.1, -0.05) is 6.42 Å². The minimum atomic E-state index is -4.27. The predicted molar refractivity (Wildman–Crippen MR) is 88.2 cm³/mol. The third-order valence-corrected chi connectivity index (χ3v) is 4.86. The van der Waals surface area contributed by atoms with Gasteiger partial charge in [-0.15, -0.1) is 0 Å². The number of carbonyl (C=O) groups excluding carboxylic acids is 1. The molecule has 1 amide bonds. The number of fused-ring (bicyclic) bond motifs is 1. The molecule has 0 radical (unpaired) electrons. The second-order valence-electron chi connectivity index (χ2n) is 6.79. The minimum Gasteiger partial charge on any atom is -0.349 e. The minimum absolute atomic E-state index is 0.00951. The maximum Gasteiger partial charge on any atom is 0.391 e. The van der Waals surface area contributed by atoms with Gasteiger partial charge in [-0.25, -0.2) is 14.4 Å². The van der Waals surface area contributed by atoms with E-state index < -0.39 is 29.9 Å². The topological polar surface area (TPSA) is 54.9 Å². The number of rotatable bonds is 2. The second-order valence-corrected chi connectivity index (χ2v) is 6.79. The molecule has 2 aromatic rings. The van der Waals surface area contributed by atoms with Crippen molar-refractivity contribution in [1.29, 1.82) is 0 Å². The van der Waals surface area contributed by atoms with Crippen LogP contribution in [0.25, 0.3) is 11.0 Å². The molecular weight excluding hydrogens is 350 g/mol. The highest BCUT2D eigenvalue weighted by atomic mass is 19.4. The summed E-state index contributed by atoms with van der Waals surface area (Å²) in [6, 6.07) is 1.64. The lowest BCUT2D eigenvalue weighted by molar-refractivity contribution is -0.183. The smallest absolute Gasteiger partial charge is 0.349 e. The molecule has 1 N–H and O–H groups in total. The molecule has 4 nitrogen and oxygen atoms in total. The van der Waals surface area contributed by atoms with Crippen LogP contribution >= 0.6 is 0 Å². The van der Waals surface area contributed by atoms with Crippen molar-refractivity contribution < 1.29 is 22.4 Å². The third-order valence-electron chi connectivity index (χ3n) is 4.86. The molecule has 0 aliphatic heterocycles. The van der Waals surface area contributed by atoms with Crippen LogP contribution in [0.4, 0.5) is 17.6 Å². The van der Waals surface area contributed by atoms with E-state index in [0.29, 0.717) is 24.2 Å². The van der Waals surface area contributed by atoms with Crippen molar-refractivity contribution in [2.75, 3.05) is 0 Å². The summed E-state index contributed by atoms with van der Waals surface area (Å²) < 4.78 is 52.7. The van der Waals surface area contributed by atoms with E-state index in [1.54, 1.807) is 13.8 Å². The SMILES string of the molecule is Cc1nc2cc(F)cc(C(=O)NC3CCCC(C(F)(F)F)C3)c2nc1C. The zero-order valence-corrected chi connectivity index (χ0v) is 14.5. The van der Waals surface area contributed by atoms with Crippen molar-refractivity contribution >= 4 is 16.9 Å². The molecule has 1 saturated carbocycles. The summed E-state index contributed by atoms with van der Waals surface area (Å²) in [5.41, 5.74) is 1.71. The number of halogens is 4. The summed E-state index contributed by atoms with van der Waals surface area (Å²) >= 11 is 0. The van der Waals surface area contributed by atoms with Gasteiger partial charge in [0.2, 0.25) is 0 Å². The molecule has 2 unspecified atom stereocenters. The molecule has 26 heavy (non-hydrogen) atoms. The highest BCUT2D eigenvalue weighted by Gasteiger charge is 2.42. The monoisotopic (exact) mass is 369 g/mol. The zero-order chi connectivity index (χ0) is 19.1. The van der Waals surface area contributed by atoms with Gasteiger partial charge in [0, 0.05) is 12.1 Å². The average molecular weight is 369 g/mol. The highest BCUT2D eigenvalue weighted by molar-refractivity contribution is 6.04. The molecule has 8 heteroatoms. The molecule has 1 aromatic heterocycles. The van der Waals surface area contributed by atoms with Gasteiger partial charge in [0.25, 0.3) is 5.91 Å². The van der Waals surface area contributed by atoms with E-state index in [2.05, 4.69) is 15.3 Å². The predicted octanol–water partition coefficient (Wildman–Crippen LogP) is 4.24. The van der Waals surface area contributed by atoms with Gasteiger partial charge in [0.05, 0.1) is 28.4 Å². The molecule has 1 aliphatic carbocycles. The van der Waals surface area contributed by atoms with E-state index in [1.807, 2.05) is 0 Å². The van der Waals surface area contributed by atoms with Gasteiger partial charge in [-0.3, -0.25) is 4.79 Å². The number of nitrogens with zero attached hydrogens (tertiary/aromatic N) is 2. The standard InChI is InChI=1S/C18H19F4N3O/c1-9-10(2)24-16-14(7-12(19)8-15(16)23-9)17(26)25-13-5-3-4-11(6-13)18(20,21)22/h7-8,11,13H,3-6H2,1-2H3,(H,25,26). The normalized spacial score (nSPS) is 21.0. The van der Waals surface area contributed by atoms with E-state index in [9.17, 15) is 22.4 Å². The van der Waals surface area contributed by atoms with Crippen LogP contribution < -0.4 is 5.32 Å². The Morgan fingerprint density at radius 3 is 2.54 bits per heavy atom. The number of hydrogen-bond donors (Lipinski definition) is 1. The average Bonchev–Trinajstić information content (AvgIpc) is 2.55. The summed E-state index contributed by atoms with van der Waals surface area (Å²) in [6.45, 7) is 3.45. The van der Waals surface area contributed by atoms with Gasteiger partial charge in [0.15, 0.2) is 0 Å². The van der Waals surface area contributed by atoms with Gasteiger partial charge < -0.3 is 5.32 Å². The highest BCUT2D eigenvalue weighted by Crippen LogP contribution is 2.37. The molecule has 2 atom stereocenters. The number of hydrogen-bond acceptors (Lipinski definition) is 3. The second kappa shape index (κ2) is 6.81. The van der Waals surface area contributed by atoms with Crippen LogP contribution in [0, 0.1) is 25.6 Å². The van der Waals surface area contributed by atoms with Gasteiger partial charge in [0.1, 0.15) is 11.3 Å². The Morgan fingerprint density at radius 1 is 1.15 bits per heavy atom. The summed E-state index contributed by atoms with van der Waals surface area (Å²) in [5.74, 6) is -2.69. The Hall–Kier alpha value is -2.25. The van der Waals surface area contributed by atoms with Crippen LogP contribution in [0.2, 0.25) is 0 Å². The Bertz CT molecular complexity index is 850. The lowest BCUT2D eigenvalue weighted by Gasteiger charge is -2.31. The molecule has 0 spiro atoms. The fourth-order valence-electron chi connectivity index (χ4n) is 3.35. The molecule has 3 rings (SSSR count). The summed E-state index contributed by atoms with van der Waals surface area (Å²) in [5, 5.41) is 2.62. The first-order valence-electron chi connectivity index (χ1n) is 8.47. The first-order chi connectivity index (χ1) is 12.1. The number of aromatic nitrogens is 2. The Kier molecular flexibility index (Phi) is 4.86. The van der Waals surface area contributed by atoms with E-state index in [4.69, 9.17) is 0 Å². The summed E-state index contributed by atoms with van der Waals surface area (Å²) in [7, 11) is 0. The lowest BCUT2D eigenvalue weighted by atomic mass is 9.85. The maximum absolute atomic E-state index is 13.9. The molecule has 0 bridgehead atoms. The van der Waals surface area contributed by atoms with Gasteiger partial charge >= 0.3 is 6.18 Å². The molecule has 1 aliphatic rings. The first-order valence-corrected chi connectivity index (χ1v) is 8.47. The maximum atomic E-state index is 13.9. The summed E-state index contributed by atoms with van der Waals surface area (Å²) in [6.07, 6.45) is -3.50. The van der Waals surface area contributed by atoms with Gasteiger partial charge in [-0.2, -0.15) is 13.2 Å². The van der Waals surface area contributed by atoms with Crippen molar-refractivity contribution in [1.82, 2.24) is 15.3 Å². The Balaban J connectivity index is 1.87. The first kappa shape index (κ1) is 18.5. The van der Waals surface area contributed by atoms with Crippen LogP contribution in [0.15, 0.2) is 12.1 Å². The van der Waals surface area contributed by atoms with Crippen molar-refractivity contribution in [3.05, 3.63) is 34.9 Å². The molecule has 1 heterocycles. The number of amides is 1. The Morgan fingerprint density at radius 2 is 1.85 bits per heavy atom. The number of carbonyl (C=O) groups is 1. The zero-order valence-electron chi connectivity index (χ0n) is 14.5. The van der Waals surface area contributed by atoms with Crippen LogP contribution in [0.1, 0.15) is 47.4 Å². The third kappa shape index (κ3) is 3.78. The van der Waals surface area contributed by atoms with Crippen LogP contribution in [0.3, 0.4) is 0 Å². The molecule has 1 aromatic carbocycles. The van der Waals surface area contributed by atoms with Crippen LogP contribution in [-0.4, -0.2) is 28.1 Å². The van der Waals surface area contributed by atoms with Crippen molar-refractivity contribution in [3.8, 4) is 0 Å². The number of alkyl halides is 3. The molecule has 140 valence electrons. The summed E-state index contributed by atoms with van der Waals surface area (Å²) in [4.78, 5) is 21.2. The largest absolute Gasteiger partial charge is 0.391 e. The quantitative estimate of drug-likeness (QED) is 0.806. The van der Waals surface area contributed by atoms with E-state index in [1.165, 1.54) is 6.07 Å². The Labute approximate surface area is 148 Å². The van der Waals surface area contributed by atoms with Crippen molar-refractivity contribution in [2.45, 2.75) is 51.7 Å². The molecular formula is C18H19F4N3O. The number of aryl methyl sites for hydroxylation is 2. The lowest BCUT2D eigenvalue weighted by Crippen LogP contribution is -2.41. The fraction of sp³-hybridized carbons (Fsp3) is 0.500. The van der Waals surface area contributed by atoms with E-state index in [0.717, 1.165) is 6.07 Å². The van der Waals surface area contributed by atoms with Crippen LogP contribution in [0.5, 0.6) is 0 Å². The van der Waals surface area contributed by atoms with Crippen LogP contribution in [-0.2, 0) is 0 Å². The fourth-order valence-corrected chi connectivity index (χ4v) is 3.35. The number of nitrogens with one attached hydrogen (secondary N) is 1. The van der Waals surface area contributed by atoms with E-state index in [-0.39, 0.29) is 29.4 Å². The molecule has 1 fully saturated rings. The molecule has 0 saturated heterocycles. The van der Waals surface area contributed by atoms with Crippen molar-refractivity contribution in [2.24, 2.45) is 5.92 Å². The van der Waals surface area contributed by atoms with Crippen molar-refractivity contribution in [3.63, 3.8) is 0 Å².